The van der Waals surface area contributed by atoms with Crippen LogP contribution in [0.2, 0.25) is 0 Å². The van der Waals surface area contributed by atoms with Crippen molar-refractivity contribution in [2.45, 2.75) is 13.0 Å². The third kappa shape index (κ3) is 4.36. The highest BCUT2D eigenvalue weighted by Crippen LogP contribution is 2.39. The van der Waals surface area contributed by atoms with Crippen molar-refractivity contribution in [2.75, 3.05) is 27.9 Å². The quantitative estimate of drug-likeness (QED) is 0.759. The van der Waals surface area contributed by atoms with E-state index in [2.05, 4.69) is 5.32 Å². The van der Waals surface area contributed by atoms with E-state index >= 15 is 0 Å². The van der Waals surface area contributed by atoms with Crippen molar-refractivity contribution in [2.24, 2.45) is 0 Å². The van der Waals surface area contributed by atoms with Crippen LogP contribution in [-0.4, -0.2) is 27.9 Å². The summed E-state index contributed by atoms with van der Waals surface area (Å²) in [6, 6.07) is 10.4. The molecule has 0 spiro atoms. The summed E-state index contributed by atoms with van der Waals surface area (Å²) in [5, 5.41) is 3.33. The Hall–Kier alpha value is -2.27. The molecule has 0 fully saturated rings. The van der Waals surface area contributed by atoms with Crippen LogP contribution >= 0.6 is 0 Å². The molecule has 0 saturated carbocycles. The van der Waals surface area contributed by atoms with Gasteiger partial charge in [0.2, 0.25) is 5.75 Å². The Morgan fingerprint density at radius 1 is 0.957 bits per heavy atom. The van der Waals surface area contributed by atoms with E-state index in [1.54, 1.807) is 33.5 Å². The van der Waals surface area contributed by atoms with Crippen LogP contribution in [0.25, 0.3) is 0 Å². The Kier molecular flexibility index (Phi) is 6.23. The molecule has 2 aromatic carbocycles. The van der Waals surface area contributed by atoms with Crippen LogP contribution in [0, 0.1) is 5.82 Å². The number of nitrogens with one attached hydrogen (secondary N) is 1. The first-order valence-electron chi connectivity index (χ1n) is 7.42. The maximum Gasteiger partial charge on any atom is 0.203 e. The smallest absolute Gasteiger partial charge is 0.203 e. The maximum atomic E-state index is 13.1. The number of ether oxygens (including phenoxy) is 3. The van der Waals surface area contributed by atoms with Gasteiger partial charge in [0.05, 0.1) is 21.3 Å². The van der Waals surface area contributed by atoms with Crippen LogP contribution in [0.1, 0.15) is 11.1 Å². The van der Waals surface area contributed by atoms with E-state index in [1.807, 2.05) is 18.2 Å². The fraction of sp³-hybridized carbons (Fsp3) is 0.333. The largest absolute Gasteiger partial charge is 0.493 e. The molecule has 0 aliphatic rings. The molecular formula is C18H22FNO3. The minimum atomic E-state index is -0.205. The van der Waals surface area contributed by atoms with Crippen molar-refractivity contribution in [3.8, 4) is 17.2 Å². The molecule has 1 N–H and O–H groups in total. The van der Waals surface area contributed by atoms with Crippen molar-refractivity contribution in [3.05, 3.63) is 53.3 Å². The lowest BCUT2D eigenvalue weighted by atomic mass is 10.1. The minimum absolute atomic E-state index is 0.205. The molecule has 0 radical (unpaired) electrons. The van der Waals surface area contributed by atoms with Gasteiger partial charge in [0, 0.05) is 12.1 Å². The molecule has 0 heterocycles. The zero-order valence-corrected chi connectivity index (χ0v) is 13.7. The average molecular weight is 319 g/mol. The average Bonchev–Trinajstić information content (AvgIpc) is 2.57. The lowest BCUT2D eigenvalue weighted by Gasteiger charge is -2.16. The van der Waals surface area contributed by atoms with E-state index in [1.165, 1.54) is 6.07 Å². The summed E-state index contributed by atoms with van der Waals surface area (Å²) in [6.45, 7) is 1.36. The van der Waals surface area contributed by atoms with E-state index in [0.717, 1.165) is 24.1 Å². The third-order valence-corrected chi connectivity index (χ3v) is 3.58. The van der Waals surface area contributed by atoms with Crippen LogP contribution in [-0.2, 0) is 13.0 Å². The molecule has 4 nitrogen and oxygen atoms in total. The molecular weight excluding hydrogens is 297 g/mol. The number of halogens is 1. The van der Waals surface area contributed by atoms with E-state index in [0.29, 0.717) is 23.8 Å². The van der Waals surface area contributed by atoms with Crippen LogP contribution in [0.15, 0.2) is 36.4 Å². The topological polar surface area (TPSA) is 39.7 Å². The van der Waals surface area contributed by atoms with Gasteiger partial charge in [0.1, 0.15) is 5.82 Å². The van der Waals surface area contributed by atoms with Crippen molar-refractivity contribution < 1.29 is 18.6 Å². The van der Waals surface area contributed by atoms with Crippen LogP contribution in [0.3, 0.4) is 0 Å². The highest BCUT2D eigenvalue weighted by molar-refractivity contribution is 5.55. The summed E-state index contributed by atoms with van der Waals surface area (Å²) in [4.78, 5) is 0. The van der Waals surface area contributed by atoms with Gasteiger partial charge in [-0.25, -0.2) is 4.39 Å². The zero-order valence-electron chi connectivity index (χ0n) is 13.7. The normalized spacial score (nSPS) is 10.4. The van der Waals surface area contributed by atoms with Gasteiger partial charge in [-0.3, -0.25) is 0 Å². The first-order valence-corrected chi connectivity index (χ1v) is 7.42. The van der Waals surface area contributed by atoms with Gasteiger partial charge in [-0.2, -0.15) is 0 Å². The summed E-state index contributed by atoms with van der Waals surface area (Å²) in [6.07, 6.45) is 0.757. The molecule has 0 bridgehead atoms. The van der Waals surface area contributed by atoms with Crippen LogP contribution in [0.4, 0.5) is 4.39 Å². The van der Waals surface area contributed by atoms with E-state index in [9.17, 15) is 4.39 Å². The summed E-state index contributed by atoms with van der Waals surface area (Å²) < 4.78 is 29.2. The predicted molar refractivity (Wildman–Crippen MR) is 87.9 cm³/mol. The Balaban J connectivity index is 1.97. The second kappa shape index (κ2) is 8.39. The molecule has 0 amide bonds. The molecule has 124 valence electrons. The molecule has 5 heteroatoms. The second-order valence-electron chi connectivity index (χ2n) is 5.05. The van der Waals surface area contributed by atoms with Gasteiger partial charge in [-0.1, -0.05) is 18.2 Å². The fourth-order valence-corrected chi connectivity index (χ4v) is 2.45. The second-order valence-corrected chi connectivity index (χ2v) is 5.05. The standard InChI is InChI=1S/C18H22FNO3/c1-21-16-8-7-14(17(22-2)18(16)23-3)12-20-10-9-13-5-4-6-15(19)11-13/h4-8,11,20H,9-10,12H2,1-3H3. The lowest BCUT2D eigenvalue weighted by molar-refractivity contribution is 0.321. The Morgan fingerprint density at radius 2 is 1.74 bits per heavy atom. The van der Waals surface area contributed by atoms with Crippen LogP contribution < -0.4 is 19.5 Å². The Bertz CT molecular complexity index is 646. The maximum absolute atomic E-state index is 13.1. The number of methoxy groups -OCH3 is 3. The van der Waals surface area contributed by atoms with Crippen molar-refractivity contribution in [1.29, 1.82) is 0 Å². The first-order chi connectivity index (χ1) is 11.2. The predicted octanol–water partition coefficient (Wildman–Crippen LogP) is 3.18. The number of hydrogen-bond acceptors (Lipinski definition) is 4. The van der Waals surface area contributed by atoms with Crippen LogP contribution in [0.5, 0.6) is 17.2 Å². The van der Waals surface area contributed by atoms with Gasteiger partial charge in [-0.15, -0.1) is 0 Å². The van der Waals surface area contributed by atoms with Crippen molar-refractivity contribution in [3.63, 3.8) is 0 Å². The monoisotopic (exact) mass is 319 g/mol. The van der Waals surface area contributed by atoms with E-state index in [-0.39, 0.29) is 5.82 Å². The highest BCUT2D eigenvalue weighted by atomic mass is 19.1. The van der Waals surface area contributed by atoms with Gasteiger partial charge in [-0.05, 0) is 36.7 Å². The summed E-state index contributed by atoms with van der Waals surface area (Å²) in [5.74, 6) is 1.67. The van der Waals surface area contributed by atoms with Gasteiger partial charge in [0.15, 0.2) is 11.5 Å². The fourth-order valence-electron chi connectivity index (χ4n) is 2.45. The van der Waals surface area contributed by atoms with Crippen molar-refractivity contribution in [1.82, 2.24) is 5.32 Å². The third-order valence-electron chi connectivity index (χ3n) is 3.58. The lowest BCUT2D eigenvalue weighted by Crippen LogP contribution is -2.17. The van der Waals surface area contributed by atoms with Gasteiger partial charge in [0.25, 0.3) is 0 Å². The Labute approximate surface area is 136 Å². The number of benzene rings is 2. The highest BCUT2D eigenvalue weighted by Gasteiger charge is 2.15. The van der Waals surface area contributed by atoms with Gasteiger partial charge >= 0.3 is 0 Å². The molecule has 0 aliphatic carbocycles. The van der Waals surface area contributed by atoms with Gasteiger partial charge < -0.3 is 19.5 Å². The Morgan fingerprint density at radius 3 is 2.39 bits per heavy atom. The minimum Gasteiger partial charge on any atom is -0.493 e. The summed E-state index contributed by atoms with van der Waals surface area (Å²) in [5.41, 5.74) is 1.95. The molecule has 0 saturated heterocycles. The summed E-state index contributed by atoms with van der Waals surface area (Å²) in [7, 11) is 4.78. The molecule has 0 aliphatic heterocycles. The molecule has 2 rings (SSSR count). The number of hydrogen-bond donors (Lipinski definition) is 1. The summed E-state index contributed by atoms with van der Waals surface area (Å²) >= 11 is 0. The first kappa shape index (κ1) is 17.1. The molecule has 0 atom stereocenters. The van der Waals surface area contributed by atoms with Crippen molar-refractivity contribution >= 4 is 0 Å². The molecule has 2 aromatic rings. The molecule has 23 heavy (non-hydrogen) atoms. The van der Waals surface area contributed by atoms with E-state index < -0.39 is 0 Å². The van der Waals surface area contributed by atoms with E-state index in [4.69, 9.17) is 14.2 Å². The SMILES string of the molecule is COc1ccc(CNCCc2cccc(F)c2)c(OC)c1OC. The number of rotatable bonds is 8. The molecule has 0 aromatic heterocycles. The zero-order chi connectivity index (χ0) is 16.7. The molecule has 0 unspecified atom stereocenters.